The maximum Gasteiger partial charge on any atom is 0.245 e. The monoisotopic (exact) mass is 325 g/mol. The topological polar surface area (TPSA) is 20.3 Å². The molecule has 3 rings (SSSR count). The number of amides is 1. The van der Waals surface area contributed by atoms with Crippen molar-refractivity contribution in [2.75, 3.05) is 4.90 Å². The van der Waals surface area contributed by atoms with Crippen LogP contribution in [0.3, 0.4) is 0 Å². The summed E-state index contributed by atoms with van der Waals surface area (Å²) in [6, 6.07) is 5.87. The van der Waals surface area contributed by atoms with Gasteiger partial charge in [0.1, 0.15) is 5.38 Å². The van der Waals surface area contributed by atoms with E-state index in [9.17, 15) is 4.79 Å². The number of benzene rings is 1. The zero-order valence-corrected chi connectivity index (χ0v) is 14.0. The second-order valence-electron chi connectivity index (χ2n) is 6.53. The van der Waals surface area contributed by atoms with E-state index in [0.717, 1.165) is 30.0 Å². The third-order valence-electron chi connectivity index (χ3n) is 5.02. The second-order valence-corrected chi connectivity index (χ2v) is 7.62. The fourth-order valence-corrected chi connectivity index (χ4v) is 4.42. The first-order chi connectivity index (χ1) is 9.94. The van der Waals surface area contributed by atoms with Crippen LogP contribution in [0.5, 0.6) is 0 Å². The van der Waals surface area contributed by atoms with Crippen molar-refractivity contribution < 1.29 is 4.79 Å². The number of nitrogens with zero attached hydrogens (tertiary/aromatic N) is 1. The molecular formula is C17H21Cl2NO. The van der Waals surface area contributed by atoms with Crippen LogP contribution in [-0.2, 0) is 4.79 Å². The van der Waals surface area contributed by atoms with E-state index >= 15 is 0 Å². The molecule has 2 aliphatic rings. The molecule has 1 amide bonds. The summed E-state index contributed by atoms with van der Waals surface area (Å²) in [5.74, 6) is 0.445. The number of fused-ring (bicyclic) bond motifs is 1. The molecule has 2 atom stereocenters. The highest BCUT2D eigenvalue weighted by atomic mass is 35.5. The van der Waals surface area contributed by atoms with Crippen LogP contribution in [0.2, 0.25) is 5.02 Å². The van der Waals surface area contributed by atoms with E-state index in [-0.39, 0.29) is 11.4 Å². The Morgan fingerprint density at radius 1 is 1.38 bits per heavy atom. The Bertz CT molecular complexity index is 564. The minimum absolute atomic E-state index is 0.0223. The van der Waals surface area contributed by atoms with Crippen molar-refractivity contribution in [1.82, 2.24) is 0 Å². The van der Waals surface area contributed by atoms with Crippen molar-refractivity contribution >= 4 is 34.8 Å². The summed E-state index contributed by atoms with van der Waals surface area (Å²) < 4.78 is 0. The zero-order chi connectivity index (χ0) is 15.2. The highest BCUT2D eigenvalue weighted by Crippen LogP contribution is 2.51. The number of carbonyl (C=O) groups excluding carboxylic acids is 1. The Kier molecular flexibility index (Phi) is 3.96. The first-order valence-corrected chi connectivity index (χ1v) is 8.54. The molecule has 1 heterocycles. The molecule has 2 nitrogen and oxygen atoms in total. The molecule has 0 aromatic heterocycles. The zero-order valence-electron chi connectivity index (χ0n) is 12.5. The molecule has 1 aliphatic heterocycles. The SMILES string of the molecule is CC(Cl)C(=O)N1c2ccc(Cl)cc2C(C)CC12CCCC2. The van der Waals surface area contributed by atoms with Crippen LogP contribution < -0.4 is 4.90 Å². The fraction of sp³-hybridized carbons (Fsp3) is 0.588. The summed E-state index contributed by atoms with van der Waals surface area (Å²) in [6.45, 7) is 4.00. The van der Waals surface area contributed by atoms with Gasteiger partial charge in [-0.2, -0.15) is 0 Å². The highest BCUT2D eigenvalue weighted by molar-refractivity contribution is 6.33. The molecule has 0 bridgehead atoms. The maximum atomic E-state index is 12.8. The van der Waals surface area contributed by atoms with Gasteiger partial charge in [-0.05, 0) is 55.9 Å². The first-order valence-electron chi connectivity index (χ1n) is 7.72. The van der Waals surface area contributed by atoms with Gasteiger partial charge in [-0.25, -0.2) is 0 Å². The molecule has 1 saturated carbocycles. The van der Waals surface area contributed by atoms with Crippen LogP contribution in [0.25, 0.3) is 0 Å². The molecule has 1 aromatic rings. The molecule has 1 aromatic carbocycles. The maximum absolute atomic E-state index is 12.8. The van der Waals surface area contributed by atoms with Crippen molar-refractivity contribution in [2.24, 2.45) is 0 Å². The molecule has 21 heavy (non-hydrogen) atoms. The Labute approximate surface area is 136 Å². The highest BCUT2D eigenvalue weighted by Gasteiger charge is 2.48. The summed E-state index contributed by atoms with van der Waals surface area (Å²) in [7, 11) is 0. The van der Waals surface area contributed by atoms with E-state index in [2.05, 4.69) is 6.92 Å². The van der Waals surface area contributed by atoms with Crippen LogP contribution in [-0.4, -0.2) is 16.8 Å². The number of halogens is 2. The Morgan fingerprint density at radius 3 is 2.67 bits per heavy atom. The van der Waals surface area contributed by atoms with Crippen molar-refractivity contribution in [2.45, 2.75) is 62.8 Å². The molecule has 1 aliphatic carbocycles. The summed E-state index contributed by atoms with van der Waals surface area (Å²) in [5, 5.41) is 0.230. The van der Waals surface area contributed by atoms with Crippen LogP contribution in [0.1, 0.15) is 57.4 Å². The molecule has 1 spiro atoms. The van der Waals surface area contributed by atoms with Crippen LogP contribution in [0, 0.1) is 0 Å². The Morgan fingerprint density at radius 2 is 2.05 bits per heavy atom. The molecule has 2 unspecified atom stereocenters. The molecule has 4 heteroatoms. The van der Waals surface area contributed by atoms with Crippen molar-refractivity contribution in [1.29, 1.82) is 0 Å². The smallest absolute Gasteiger partial charge is 0.245 e. The first kappa shape index (κ1) is 15.2. The third kappa shape index (κ3) is 2.47. The Balaban J connectivity index is 2.14. The lowest BCUT2D eigenvalue weighted by molar-refractivity contribution is -0.119. The van der Waals surface area contributed by atoms with Gasteiger partial charge in [0.05, 0.1) is 0 Å². The normalized spacial score (nSPS) is 25.0. The van der Waals surface area contributed by atoms with E-state index in [1.54, 1.807) is 6.92 Å². The quantitative estimate of drug-likeness (QED) is 0.656. The number of hydrogen-bond acceptors (Lipinski definition) is 1. The standard InChI is InChI=1S/C17H21Cl2NO/c1-11-10-17(7-3-4-8-17)20(16(21)12(2)18)15-6-5-13(19)9-14(11)15/h5-6,9,11-12H,3-4,7-8,10H2,1-2H3. The van der Waals surface area contributed by atoms with Crippen molar-refractivity contribution in [3.63, 3.8) is 0 Å². The molecule has 0 N–H and O–H groups in total. The average molecular weight is 326 g/mol. The van der Waals surface area contributed by atoms with Gasteiger partial charge in [0.2, 0.25) is 5.91 Å². The van der Waals surface area contributed by atoms with Gasteiger partial charge < -0.3 is 4.90 Å². The molecule has 0 saturated heterocycles. The average Bonchev–Trinajstić information content (AvgIpc) is 2.88. The van der Waals surface area contributed by atoms with Gasteiger partial charge in [0.15, 0.2) is 0 Å². The van der Waals surface area contributed by atoms with Crippen LogP contribution in [0.4, 0.5) is 5.69 Å². The predicted octanol–water partition coefficient (Wildman–Crippen LogP) is 5.12. The lowest BCUT2D eigenvalue weighted by Gasteiger charge is -2.48. The van der Waals surface area contributed by atoms with Crippen LogP contribution >= 0.6 is 23.2 Å². The van der Waals surface area contributed by atoms with E-state index in [0.29, 0.717) is 5.92 Å². The van der Waals surface area contributed by atoms with Crippen LogP contribution in [0.15, 0.2) is 18.2 Å². The Hall–Kier alpha value is -0.730. The number of rotatable bonds is 1. The number of carbonyl (C=O) groups is 1. The number of alkyl halides is 1. The van der Waals surface area contributed by atoms with Gasteiger partial charge in [-0.3, -0.25) is 4.79 Å². The van der Waals surface area contributed by atoms with E-state index < -0.39 is 5.38 Å². The summed E-state index contributed by atoms with van der Waals surface area (Å²) >= 11 is 12.3. The van der Waals surface area contributed by atoms with Gasteiger partial charge in [0, 0.05) is 16.2 Å². The van der Waals surface area contributed by atoms with Gasteiger partial charge in [-0.1, -0.05) is 31.4 Å². The van der Waals surface area contributed by atoms with E-state index in [1.807, 2.05) is 23.1 Å². The molecular weight excluding hydrogens is 305 g/mol. The summed E-state index contributed by atoms with van der Waals surface area (Å²) in [4.78, 5) is 14.8. The summed E-state index contributed by atoms with van der Waals surface area (Å²) in [6.07, 6.45) is 5.55. The van der Waals surface area contributed by atoms with Gasteiger partial charge in [0.25, 0.3) is 0 Å². The number of hydrogen-bond donors (Lipinski definition) is 0. The minimum Gasteiger partial charge on any atom is -0.305 e. The second kappa shape index (κ2) is 5.48. The van der Waals surface area contributed by atoms with E-state index in [1.165, 1.54) is 18.4 Å². The lowest BCUT2D eigenvalue weighted by atomic mass is 9.76. The molecule has 1 fully saturated rings. The number of anilines is 1. The van der Waals surface area contributed by atoms with Gasteiger partial charge in [-0.15, -0.1) is 11.6 Å². The fourth-order valence-electron chi connectivity index (χ4n) is 4.14. The molecule has 114 valence electrons. The van der Waals surface area contributed by atoms with Crippen molar-refractivity contribution in [3.8, 4) is 0 Å². The largest absolute Gasteiger partial charge is 0.305 e. The van der Waals surface area contributed by atoms with E-state index in [4.69, 9.17) is 23.2 Å². The summed E-state index contributed by atoms with van der Waals surface area (Å²) in [5.41, 5.74) is 2.14. The lowest BCUT2D eigenvalue weighted by Crippen LogP contribution is -2.55. The van der Waals surface area contributed by atoms with Crippen molar-refractivity contribution in [3.05, 3.63) is 28.8 Å². The third-order valence-corrected chi connectivity index (χ3v) is 5.44. The predicted molar refractivity (Wildman–Crippen MR) is 88.5 cm³/mol. The molecule has 0 radical (unpaired) electrons. The minimum atomic E-state index is -0.501. The van der Waals surface area contributed by atoms with Gasteiger partial charge >= 0.3 is 0 Å².